The molecule has 0 saturated heterocycles. The van der Waals surface area contributed by atoms with Gasteiger partial charge in [-0.05, 0) is 31.7 Å². The molecule has 1 saturated carbocycles. The number of nitro benzene ring substituents is 1. The van der Waals surface area contributed by atoms with Gasteiger partial charge in [0.25, 0.3) is 5.91 Å². The lowest BCUT2D eigenvalue weighted by atomic mass is 9.85. The van der Waals surface area contributed by atoms with Crippen molar-refractivity contribution in [3.63, 3.8) is 0 Å². The topological polar surface area (TPSA) is 63.5 Å². The molecule has 1 amide bonds. The number of halogens is 2. The Morgan fingerprint density at radius 2 is 2.10 bits per heavy atom. The monoisotopic (exact) mass is 298 g/mol. The average Bonchev–Trinajstić information content (AvgIpc) is 2.37. The number of rotatable bonds is 5. The van der Waals surface area contributed by atoms with Crippen molar-refractivity contribution in [3.8, 4) is 0 Å². The van der Waals surface area contributed by atoms with Crippen LogP contribution < -0.4 is 0 Å². The van der Waals surface area contributed by atoms with Crippen LogP contribution in [0.2, 0.25) is 0 Å². The summed E-state index contributed by atoms with van der Waals surface area (Å²) < 4.78 is 27.8. The minimum atomic E-state index is -1.41. The number of hydrogen-bond donors (Lipinski definition) is 0. The Labute approximate surface area is 120 Å². The first-order chi connectivity index (χ1) is 9.95. The molecule has 5 nitrogen and oxygen atoms in total. The van der Waals surface area contributed by atoms with E-state index in [9.17, 15) is 23.7 Å². The zero-order valence-corrected chi connectivity index (χ0v) is 11.6. The van der Waals surface area contributed by atoms with E-state index in [0.29, 0.717) is 19.0 Å². The molecule has 0 radical (unpaired) electrons. The molecule has 114 valence electrons. The predicted molar refractivity (Wildman–Crippen MR) is 71.9 cm³/mol. The van der Waals surface area contributed by atoms with Crippen LogP contribution in [0.15, 0.2) is 12.1 Å². The molecule has 0 N–H and O–H groups in total. The molecule has 0 heterocycles. The quantitative estimate of drug-likeness (QED) is 0.619. The van der Waals surface area contributed by atoms with Crippen molar-refractivity contribution >= 4 is 11.6 Å². The minimum Gasteiger partial charge on any atom is -0.338 e. The van der Waals surface area contributed by atoms with Crippen LogP contribution >= 0.6 is 0 Å². The van der Waals surface area contributed by atoms with E-state index in [1.54, 1.807) is 6.92 Å². The number of benzene rings is 1. The van der Waals surface area contributed by atoms with Gasteiger partial charge in [0.1, 0.15) is 11.4 Å². The molecule has 0 aromatic heterocycles. The molecule has 0 unspecified atom stereocenters. The highest BCUT2D eigenvalue weighted by molar-refractivity contribution is 5.95. The molecule has 21 heavy (non-hydrogen) atoms. The summed E-state index contributed by atoms with van der Waals surface area (Å²) in [6, 6.07) is 1.48. The summed E-state index contributed by atoms with van der Waals surface area (Å²) in [6.07, 6.45) is 3.07. The fourth-order valence-electron chi connectivity index (χ4n) is 2.38. The normalized spacial score (nSPS) is 14.6. The molecular formula is C14H16F2N2O3. The van der Waals surface area contributed by atoms with Crippen LogP contribution in [0, 0.1) is 27.7 Å². The first-order valence-electron chi connectivity index (χ1n) is 6.87. The van der Waals surface area contributed by atoms with Gasteiger partial charge in [0.05, 0.1) is 4.92 Å². The maximum Gasteiger partial charge on any atom is 0.305 e. The summed E-state index contributed by atoms with van der Waals surface area (Å²) in [7, 11) is 0. The maximum atomic E-state index is 14.0. The Hall–Kier alpha value is -2.05. The number of amides is 1. The van der Waals surface area contributed by atoms with Gasteiger partial charge >= 0.3 is 5.69 Å². The van der Waals surface area contributed by atoms with Gasteiger partial charge in [-0.25, -0.2) is 4.39 Å². The van der Waals surface area contributed by atoms with Crippen molar-refractivity contribution in [3.05, 3.63) is 39.4 Å². The maximum absolute atomic E-state index is 14.0. The van der Waals surface area contributed by atoms with E-state index in [2.05, 4.69) is 0 Å². The molecule has 1 aliphatic carbocycles. The molecule has 1 fully saturated rings. The molecule has 0 bridgehead atoms. The first kappa shape index (κ1) is 15.3. The fraction of sp³-hybridized carbons (Fsp3) is 0.500. The molecule has 2 rings (SSSR count). The number of nitro groups is 1. The van der Waals surface area contributed by atoms with E-state index in [1.165, 1.54) is 4.90 Å². The van der Waals surface area contributed by atoms with Gasteiger partial charge in [-0.3, -0.25) is 14.9 Å². The van der Waals surface area contributed by atoms with Gasteiger partial charge in [0.2, 0.25) is 5.82 Å². The molecule has 1 aromatic carbocycles. The van der Waals surface area contributed by atoms with E-state index >= 15 is 0 Å². The van der Waals surface area contributed by atoms with Gasteiger partial charge in [0.15, 0.2) is 0 Å². The minimum absolute atomic E-state index is 0.302. The van der Waals surface area contributed by atoms with Crippen LogP contribution in [0.4, 0.5) is 14.5 Å². The van der Waals surface area contributed by atoms with Gasteiger partial charge < -0.3 is 4.90 Å². The summed E-state index contributed by atoms with van der Waals surface area (Å²) in [5, 5.41) is 10.7. The van der Waals surface area contributed by atoms with Crippen molar-refractivity contribution in [2.75, 3.05) is 13.1 Å². The molecule has 0 spiro atoms. The smallest absolute Gasteiger partial charge is 0.305 e. The summed E-state index contributed by atoms with van der Waals surface area (Å²) >= 11 is 0. The Balaban J connectivity index is 2.32. The van der Waals surface area contributed by atoms with Crippen LogP contribution in [-0.4, -0.2) is 28.8 Å². The molecule has 0 atom stereocenters. The summed E-state index contributed by atoms with van der Waals surface area (Å²) in [5.41, 5.74) is -1.73. The number of nitrogens with zero attached hydrogens (tertiary/aromatic N) is 2. The summed E-state index contributed by atoms with van der Waals surface area (Å²) in [4.78, 5) is 23.4. The summed E-state index contributed by atoms with van der Waals surface area (Å²) in [6.45, 7) is 2.44. The molecular weight excluding hydrogens is 282 g/mol. The molecule has 7 heteroatoms. The molecule has 0 aliphatic heterocycles. The van der Waals surface area contributed by atoms with Crippen molar-refractivity contribution < 1.29 is 18.5 Å². The molecule has 1 aliphatic rings. The van der Waals surface area contributed by atoms with E-state index in [4.69, 9.17) is 0 Å². The average molecular weight is 298 g/mol. The van der Waals surface area contributed by atoms with Gasteiger partial charge in [-0.15, -0.1) is 0 Å². The Morgan fingerprint density at radius 1 is 1.43 bits per heavy atom. The highest BCUT2D eigenvalue weighted by Gasteiger charge is 2.30. The fourth-order valence-corrected chi connectivity index (χ4v) is 2.38. The predicted octanol–water partition coefficient (Wildman–Crippen LogP) is 3.14. The van der Waals surface area contributed by atoms with Crippen molar-refractivity contribution in [2.24, 2.45) is 5.92 Å². The van der Waals surface area contributed by atoms with Gasteiger partial charge in [0, 0.05) is 19.2 Å². The van der Waals surface area contributed by atoms with Crippen LogP contribution in [0.25, 0.3) is 0 Å². The van der Waals surface area contributed by atoms with Crippen molar-refractivity contribution in [1.82, 2.24) is 4.90 Å². The highest BCUT2D eigenvalue weighted by atomic mass is 19.1. The van der Waals surface area contributed by atoms with E-state index in [-0.39, 0.29) is 0 Å². The Bertz CT molecular complexity index is 574. The zero-order chi connectivity index (χ0) is 15.6. The Morgan fingerprint density at radius 3 is 2.57 bits per heavy atom. The Kier molecular flexibility index (Phi) is 4.50. The zero-order valence-electron chi connectivity index (χ0n) is 11.6. The third-order valence-corrected chi connectivity index (χ3v) is 3.85. The number of carbonyl (C=O) groups excluding carboxylic acids is 1. The second-order valence-electron chi connectivity index (χ2n) is 5.15. The van der Waals surface area contributed by atoms with E-state index in [0.717, 1.165) is 31.4 Å². The third kappa shape index (κ3) is 3.01. The number of hydrogen-bond acceptors (Lipinski definition) is 3. The lowest BCUT2D eigenvalue weighted by molar-refractivity contribution is -0.387. The van der Waals surface area contributed by atoms with E-state index < -0.39 is 33.7 Å². The largest absolute Gasteiger partial charge is 0.338 e. The van der Waals surface area contributed by atoms with Crippen molar-refractivity contribution in [2.45, 2.75) is 26.2 Å². The number of carbonyl (C=O) groups is 1. The first-order valence-corrected chi connectivity index (χ1v) is 6.87. The SMILES string of the molecule is CCN(CC1CCC1)C(=O)c1c(F)ccc([N+](=O)[O-])c1F. The molecule has 1 aromatic rings. The van der Waals surface area contributed by atoms with Crippen LogP contribution in [-0.2, 0) is 0 Å². The van der Waals surface area contributed by atoms with Crippen LogP contribution in [0.3, 0.4) is 0 Å². The third-order valence-electron chi connectivity index (χ3n) is 3.85. The van der Waals surface area contributed by atoms with Crippen molar-refractivity contribution in [1.29, 1.82) is 0 Å². The highest BCUT2D eigenvalue weighted by Crippen LogP contribution is 2.29. The summed E-state index contributed by atoms with van der Waals surface area (Å²) in [5.74, 6) is -2.96. The second-order valence-corrected chi connectivity index (χ2v) is 5.15. The second kappa shape index (κ2) is 6.15. The van der Waals surface area contributed by atoms with Crippen LogP contribution in [0.1, 0.15) is 36.5 Å². The van der Waals surface area contributed by atoms with E-state index in [1.807, 2.05) is 0 Å². The standard InChI is InChI=1S/C14H16F2N2O3/c1-2-17(8-9-4-3-5-9)14(19)12-10(15)6-7-11(13(12)16)18(20)21/h6-7,9H,2-5,8H2,1H3. The van der Waals surface area contributed by atoms with Gasteiger partial charge in [-0.1, -0.05) is 6.42 Å². The lowest BCUT2D eigenvalue weighted by Gasteiger charge is -2.31. The van der Waals surface area contributed by atoms with Crippen LogP contribution in [0.5, 0.6) is 0 Å². The van der Waals surface area contributed by atoms with Gasteiger partial charge in [-0.2, -0.15) is 4.39 Å². The lowest BCUT2D eigenvalue weighted by Crippen LogP contribution is -2.38.